The number of aliphatic hydroxyl groups excluding tert-OH is 1. The third kappa shape index (κ3) is 12.8. The minimum absolute atomic E-state index is 0.0422. The normalized spacial score (nSPS) is 19.4. The fraction of sp³-hybridized carbons (Fsp3) is 0.300. The predicted octanol–water partition coefficient (Wildman–Crippen LogP) is 5.85. The number of hydrogen-bond donors (Lipinski definition) is 2. The molecule has 4 aromatic carbocycles. The van der Waals surface area contributed by atoms with Crippen molar-refractivity contribution in [2.75, 3.05) is 26.2 Å². The molecule has 0 spiro atoms. The van der Waals surface area contributed by atoms with E-state index in [-0.39, 0.29) is 34.3 Å². The summed E-state index contributed by atoms with van der Waals surface area (Å²) in [7, 11) is 0. The molecule has 0 amide bonds. The molecule has 0 unspecified atom stereocenters. The Bertz CT molecular complexity index is 1930. The van der Waals surface area contributed by atoms with E-state index in [4.69, 9.17) is 15.1 Å². The fourth-order valence-corrected chi connectivity index (χ4v) is 6.02. The number of nitriles is 2. The Morgan fingerprint density at radius 3 is 1.55 bits per heavy atom. The Morgan fingerprint density at radius 1 is 0.691 bits per heavy atom. The van der Waals surface area contributed by atoms with Gasteiger partial charge in [0.1, 0.15) is 6.10 Å². The number of carboxylic acids is 1. The summed E-state index contributed by atoms with van der Waals surface area (Å²) in [5.41, 5.74) is 2.49. The van der Waals surface area contributed by atoms with E-state index < -0.39 is 34.0 Å². The second-order valence-electron chi connectivity index (χ2n) is 12.9. The van der Waals surface area contributed by atoms with Crippen LogP contribution in [0.3, 0.4) is 0 Å². The number of piperidine rings is 2. The van der Waals surface area contributed by atoms with E-state index in [2.05, 4.69) is 34.1 Å². The van der Waals surface area contributed by atoms with Crippen molar-refractivity contribution in [1.82, 2.24) is 9.80 Å². The van der Waals surface area contributed by atoms with Crippen LogP contribution in [-0.4, -0.2) is 80.2 Å². The number of nitro groups is 2. The molecule has 2 aliphatic rings. The van der Waals surface area contributed by atoms with E-state index in [0.717, 1.165) is 50.3 Å². The molecular formula is C40H40N6O9. The van der Waals surface area contributed by atoms with Crippen LogP contribution in [0.5, 0.6) is 0 Å². The lowest BCUT2D eigenvalue weighted by molar-refractivity contribution is -0.385. The van der Waals surface area contributed by atoms with Gasteiger partial charge in [-0.3, -0.25) is 30.0 Å². The number of ether oxygens (including phenoxy) is 1. The van der Waals surface area contributed by atoms with Crippen molar-refractivity contribution in [2.24, 2.45) is 11.8 Å². The number of nitrogens with zero attached hydrogens (tertiary/aromatic N) is 6. The SMILES string of the molecule is N#C[C@@H]1CCN(Cc2ccccc2)C[C@@H]1OC(=O)c1ccc([N+](=O)[O-])cc1.N#C[C@H]1CCN(Cc2ccccc2)C[C@@H]1O.O=C(O)c1ccc([N+](=O)[O-])cc1. The molecule has 15 heteroatoms. The van der Waals surface area contributed by atoms with E-state index in [1.807, 2.05) is 48.5 Å². The molecule has 2 aliphatic heterocycles. The monoisotopic (exact) mass is 748 g/mol. The lowest BCUT2D eigenvalue weighted by Gasteiger charge is -2.35. The fourth-order valence-electron chi connectivity index (χ4n) is 6.02. The van der Waals surface area contributed by atoms with E-state index in [1.165, 1.54) is 42.0 Å². The number of carbonyl (C=O) groups excluding carboxylic acids is 1. The Labute approximate surface area is 317 Å². The molecular weight excluding hydrogens is 708 g/mol. The smallest absolute Gasteiger partial charge is 0.338 e. The van der Waals surface area contributed by atoms with E-state index >= 15 is 0 Å². The van der Waals surface area contributed by atoms with Gasteiger partial charge in [-0.1, -0.05) is 60.7 Å². The van der Waals surface area contributed by atoms with Crippen LogP contribution in [0.15, 0.2) is 109 Å². The minimum Gasteiger partial charge on any atom is -0.478 e. The van der Waals surface area contributed by atoms with Gasteiger partial charge in [0.2, 0.25) is 0 Å². The van der Waals surface area contributed by atoms with Gasteiger partial charge in [0.05, 0.1) is 51.1 Å². The van der Waals surface area contributed by atoms with Crippen molar-refractivity contribution in [3.8, 4) is 12.1 Å². The van der Waals surface area contributed by atoms with Crippen molar-refractivity contribution in [3.63, 3.8) is 0 Å². The Morgan fingerprint density at radius 2 is 1.13 bits per heavy atom. The quantitative estimate of drug-likeness (QED) is 0.117. The number of aromatic carboxylic acids is 1. The molecule has 2 fully saturated rings. The summed E-state index contributed by atoms with van der Waals surface area (Å²) in [6.07, 6.45) is 0.365. The number of hydrogen-bond acceptors (Lipinski definition) is 12. The van der Waals surface area contributed by atoms with Crippen molar-refractivity contribution >= 4 is 23.3 Å². The van der Waals surface area contributed by atoms with Crippen LogP contribution in [0.2, 0.25) is 0 Å². The molecule has 0 aromatic heterocycles. The Hall–Kier alpha value is -6.52. The number of nitro benzene ring substituents is 2. The number of likely N-dealkylation sites (tertiary alicyclic amines) is 2. The molecule has 2 saturated heterocycles. The maximum atomic E-state index is 12.4. The van der Waals surface area contributed by atoms with Crippen LogP contribution in [0.25, 0.3) is 0 Å². The van der Waals surface area contributed by atoms with Gasteiger partial charge >= 0.3 is 11.9 Å². The highest BCUT2D eigenvalue weighted by Crippen LogP contribution is 2.24. The van der Waals surface area contributed by atoms with Crippen molar-refractivity contribution in [3.05, 3.63) is 152 Å². The summed E-state index contributed by atoms with van der Waals surface area (Å²) in [5.74, 6) is -2.22. The summed E-state index contributed by atoms with van der Waals surface area (Å²) in [5, 5.41) is 57.2. The first-order chi connectivity index (χ1) is 26.5. The zero-order valence-corrected chi connectivity index (χ0v) is 29.8. The van der Waals surface area contributed by atoms with E-state index in [9.17, 15) is 40.2 Å². The zero-order chi connectivity index (χ0) is 39.7. The molecule has 0 saturated carbocycles. The summed E-state index contributed by atoms with van der Waals surface area (Å²) >= 11 is 0. The molecule has 0 radical (unpaired) electrons. The van der Waals surface area contributed by atoms with Gasteiger partial charge in [-0.25, -0.2) is 9.59 Å². The maximum absolute atomic E-state index is 12.4. The number of non-ortho nitro benzene ring substituents is 2. The molecule has 6 rings (SSSR count). The van der Waals surface area contributed by atoms with Gasteiger partial charge in [0, 0.05) is 57.0 Å². The molecule has 284 valence electrons. The highest BCUT2D eigenvalue weighted by Gasteiger charge is 2.33. The lowest BCUT2D eigenvalue weighted by atomic mass is 9.94. The highest BCUT2D eigenvalue weighted by atomic mass is 16.6. The average molecular weight is 749 g/mol. The molecule has 0 bridgehead atoms. The number of carbonyl (C=O) groups is 2. The van der Waals surface area contributed by atoms with Crippen LogP contribution in [0, 0.1) is 54.7 Å². The topological polar surface area (TPSA) is 224 Å². The van der Waals surface area contributed by atoms with Crippen LogP contribution < -0.4 is 0 Å². The van der Waals surface area contributed by atoms with Gasteiger partial charge < -0.3 is 14.9 Å². The molecule has 2 heterocycles. The first kappa shape index (κ1) is 41.2. The number of benzene rings is 4. The van der Waals surface area contributed by atoms with Crippen molar-refractivity contribution < 1.29 is 34.4 Å². The number of esters is 1. The van der Waals surface area contributed by atoms with Crippen LogP contribution in [-0.2, 0) is 17.8 Å². The number of carboxylic acid groups (broad SMARTS) is 1. The largest absolute Gasteiger partial charge is 0.478 e. The average Bonchev–Trinajstić information content (AvgIpc) is 3.19. The van der Waals surface area contributed by atoms with Crippen molar-refractivity contribution in [2.45, 2.75) is 38.1 Å². The molecule has 55 heavy (non-hydrogen) atoms. The predicted molar refractivity (Wildman–Crippen MR) is 199 cm³/mol. The highest BCUT2D eigenvalue weighted by molar-refractivity contribution is 5.89. The van der Waals surface area contributed by atoms with Gasteiger partial charge in [0.25, 0.3) is 11.4 Å². The zero-order valence-electron chi connectivity index (χ0n) is 29.8. The van der Waals surface area contributed by atoms with Gasteiger partial charge in [-0.05, 0) is 54.8 Å². The standard InChI is InChI=1S/C20H19N3O4.C13H16N2O.C7H5NO4/c21-12-17-10-11-22(13-15-4-2-1-3-5-15)14-19(17)27-20(24)16-6-8-18(9-7-16)23(25)26;14-8-12-6-7-15(10-13(12)16)9-11-4-2-1-3-5-11;9-7(10)5-1-3-6(4-2-5)8(11)12/h1-9,17,19H,10-11,13-14H2;1-5,12-13,16H,6-7,9-10H2;1-4H,(H,9,10)/t17-,19-;12-,13+;/m01./s1. The first-order valence-electron chi connectivity index (χ1n) is 17.4. The third-order valence-electron chi connectivity index (χ3n) is 9.04. The number of β-amino-alcohol motifs (C(OH)–C–C–N with tert-alkyl or cyclic N) is 1. The summed E-state index contributed by atoms with van der Waals surface area (Å²) in [4.78, 5) is 46.8. The third-order valence-corrected chi connectivity index (χ3v) is 9.04. The summed E-state index contributed by atoms with van der Waals surface area (Å²) in [6.45, 7) is 4.32. The summed E-state index contributed by atoms with van der Waals surface area (Å²) < 4.78 is 5.58. The van der Waals surface area contributed by atoms with Gasteiger partial charge in [0.15, 0.2) is 0 Å². The molecule has 2 N–H and O–H groups in total. The van der Waals surface area contributed by atoms with E-state index in [1.54, 1.807) is 0 Å². The van der Waals surface area contributed by atoms with Gasteiger partial charge in [-0.15, -0.1) is 0 Å². The van der Waals surface area contributed by atoms with Crippen molar-refractivity contribution in [1.29, 1.82) is 10.5 Å². The van der Waals surface area contributed by atoms with E-state index in [0.29, 0.717) is 19.5 Å². The number of rotatable bonds is 9. The van der Waals surface area contributed by atoms with Crippen LogP contribution in [0.1, 0.15) is 44.7 Å². The second kappa shape index (κ2) is 20.6. The first-order valence-corrected chi connectivity index (χ1v) is 17.4. The Balaban J connectivity index is 0.000000203. The molecule has 4 atom stereocenters. The van der Waals surface area contributed by atoms with Crippen LogP contribution >= 0.6 is 0 Å². The van der Waals surface area contributed by atoms with Gasteiger partial charge in [-0.2, -0.15) is 10.5 Å². The molecule has 4 aromatic rings. The van der Waals surface area contributed by atoms with Crippen LogP contribution in [0.4, 0.5) is 11.4 Å². The molecule has 15 nitrogen and oxygen atoms in total. The Kier molecular flexibility index (Phi) is 15.5. The second-order valence-corrected chi connectivity index (χ2v) is 12.9. The minimum atomic E-state index is -1.09. The molecule has 0 aliphatic carbocycles. The number of aliphatic hydroxyl groups is 1. The lowest BCUT2D eigenvalue weighted by Crippen LogP contribution is -2.45. The maximum Gasteiger partial charge on any atom is 0.338 e. The summed E-state index contributed by atoms with van der Waals surface area (Å²) in [6, 6.07) is 34.6.